The van der Waals surface area contributed by atoms with E-state index in [1.807, 2.05) is 13.0 Å². The van der Waals surface area contributed by atoms with Gasteiger partial charge in [0, 0.05) is 44.4 Å². The molecule has 1 saturated heterocycles. The Kier molecular flexibility index (Phi) is 4.49. The average molecular weight is 307 g/mol. The third-order valence-corrected chi connectivity index (χ3v) is 3.95. The van der Waals surface area contributed by atoms with Crippen LogP contribution in [0.2, 0.25) is 0 Å². The maximum atomic E-state index is 13.7. The third-order valence-electron chi connectivity index (χ3n) is 3.95. The molecule has 0 N–H and O–H groups in total. The van der Waals surface area contributed by atoms with Crippen LogP contribution in [-0.4, -0.2) is 41.1 Å². The highest BCUT2D eigenvalue weighted by molar-refractivity contribution is 5.18. The summed E-state index contributed by atoms with van der Waals surface area (Å²) in [4.78, 5) is 4.42. The van der Waals surface area contributed by atoms with Crippen LogP contribution in [0.5, 0.6) is 0 Å². The summed E-state index contributed by atoms with van der Waals surface area (Å²) in [7, 11) is 0. The van der Waals surface area contributed by atoms with Gasteiger partial charge in [-0.3, -0.25) is 9.80 Å². The molecule has 1 aromatic heterocycles. The average Bonchev–Trinajstić information content (AvgIpc) is 2.91. The number of piperazine rings is 1. The minimum atomic E-state index is -0.781. The topological polar surface area (TPSA) is 32.5 Å². The fourth-order valence-corrected chi connectivity index (χ4v) is 2.73. The van der Waals surface area contributed by atoms with Gasteiger partial charge in [0.05, 0.1) is 12.2 Å². The summed E-state index contributed by atoms with van der Waals surface area (Å²) in [6, 6.07) is 6.28. The number of benzene rings is 1. The van der Waals surface area contributed by atoms with Crippen LogP contribution in [-0.2, 0) is 13.1 Å². The van der Waals surface area contributed by atoms with Crippen molar-refractivity contribution >= 4 is 0 Å². The van der Waals surface area contributed by atoms with Gasteiger partial charge in [0.2, 0.25) is 0 Å². The van der Waals surface area contributed by atoms with E-state index in [1.54, 1.807) is 12.1 Å². The summed E-state index contributed by atoms with van der Waals surface area (Å²) < 4.78 is 32.1. The molecule has 6 heteroatoms. The Hall–Kier alpha value is -1.79. The lowest BCUT2D eigenvalue weighted by atomic mass is 10.1. The molecule has 0 atom stereocenters. The monoisotopic (exact) mass is 307 g/mol. The van der Waals surface area contributed by atoms with E-state index in [2.05, 4.69) is 15.0 Å². The highest BCUT2D eigenvalue weighted by Crippen LogP contribution is 2.16. The Morgan fingerprint density at radius 3 is 2.41 bits per heavy atom. The standard InChI is InChI=1S/C16H19F2N3O/c1-12-9-14(22-19-12)11-21-7-5-20(6-8-21)10-13-3-2-4-15(17)16(13)18/h2-4,9H,5-8,10-11H2,1H3. The molecule has 22 heavy (non-hydrogen) atoms. The van der Waals surface area contributed by atoms with Crippen molar-refractivity contribution in [3.05, 3.63) is 52.9 Å². The van der Waals surface area contributed by atoms with Crippen molar-refractivity contribution in [3.63, 3.8) is 0 Å². The van der Waals surface area contributed by atoms with Crippen molar-refractivity contribution in [1.82, 2.24) is 15.0 Å². The van der Waals surface area contributed by atoms with Gasteiger partial charge in [-0.1, -0.05) is 17.3 Å². The Morgan fingerprint density at radius 1 is 1.09 bits per heavy atom. The van der Waals surface area contributed by atoms with E-state index in [0.717, 1.165) is 50.2 Å². The summed E-state index contributed by atoms with van der Waals surface area (Å²) in [6.07, 6.45) is 0. The first kappa shape index (κ1) is 15.1. The molecule has 118 valence electrons. The van der Waals surface area contributed by atoms with Crippen LogP contribution in [0.15, 0.2) is 28.8 Å². The molecule has 0 radical (unpaired) electrons. The quantitative estimate of drug-likeness (QED) is 0.869. The molecule has 1 fully saturated rings. The number of aryl methyl sites for hydroxylation is 1. The van der Waals surface area contributed by atoms with Gasteiger partial charge in [-0.15, -0.1) is 0 Å². The van der Waals surface area contributed by atoms with Gasteiger partial charge < -0.3 is 4.52 Å². The first-order valence-corrected chi connectivity index (χ1v) is 7.41. The van der Waals surface area contributed by atoms with Gasteiger partial charge in [0.15, 0.2) is 17.4 Å². The lowest BCUT2D eigenvalue weighted by Gasteiger charge is -2.34. The molecule has 0 bridgehead atoms. The lowest BCUT2D eigenvalue weighted by molar-refractivity contribution is 0.112. The Morgan fingerprint density at radius 2 is 1.77 bits per heavy atom. The van der Waals surface area contributed by atoms with E-state index >= 15 is 0 Å². The van der Waals surface area contributed by atoms with E-state index in [-0.39, 0.29) is 0 Å². The largest absolute Gasteiger partial charge is 0.360 e. The summed E-state index contributed by atoms with van der Waals surface area (Å²) >= 11 is 0. The Bertz CT molecular complexity index is 636. The van der Waals surface area contributed by atoms with Crippen molar-refractivity contribution in [2.24, 2.45) is 0 Å². The fraction of sp³-hybridized carbons (Fsp3) is 0.438. The molecule has 0 spiro atoms. The fourth-order valence-electron chi connectivity index (χ4n) is 2.73. The number of hydrogen-bond donors (Lipinski definition) is 0. The predicted molar refractivity (Wildman–Crippen MR) is 78.2 cm³/mol. The molecule has 1 aliphatic rings. The smallest absolute Gasteiger partial charge is 0.163 e. The number of rotatable bonds is 4. The van der Waals surface area contributed by atoms with Crippen LogP contribution in [0.1, 0.15) is 17.0 Å². The molecule has 0 saturated carbocycles. The normalized spacial score (nSPS) is 17.0. The maximum absolute atomic E-state index is 13.7. The first-order chi connectivity index (χ1) is 10.6. The molecule has 1 aliphatic heterocycles. The van der Waals surface area contributed by atoms with Gasteiger partial charge in [0.1, 0.15) is 0 Å². The third kappa shape index (κ3) is 3.51. The Balaban J connectivity index is 1.52. The second kappa shape index (κ2) is 6.54. The van der Waals surface area contributed by atoms with E-state index in [1.165, 1.54) is 0 Å². The second-order valence-corrected chi connectivity index (χ2v) is 5.70. The second-order valence-electron chi connectivity index (χ2n) is 5.70. The molecule has 2 heterocycles. The Labute approximate surface area is 128 Å². The SMILES string of the molecule is Cc1cc(CN2CCN(Cc3cccc(F)c3F)CC2)on1. The van der Waals surface area contributed by atoms with Crippen molar-refractivity contribution in [3.8, 4) is 0 Å². The zero-order valence-corrected chi connectivity index (χ0v) is 12.6. The van der Waals surface area contributed by atoms with Crippen LogP contribution in [0.3, 0.4) is 0 Å². The molecule has 0 unspecified atom stereocenters. The molecular formula is C16H19F2N3O. The molecule has 0 aliphatic carbocycles. The number of halogens is 2. The van der Waals surface area contributed by atoms with Gasteiger partial charge in [-0.25, -0.2) is 8.78 Å². The molecule has 4 nitrogen and oxygen atoms in total. The van der Waals surface area contributed by atoms with Crippen molar-refractivity contribution in [2.45, 2.75) is 20.0 Å². The van der Waals surface area contributed by atoms with Crippen LogP contribution < -0.4 is 0 Å². The van der Waals surface area contributed by atoms with Crippen molar-refractivity contribution in [2.75, 3.05) is 26.2 Å². The van der Waals surface area contributed by atoms with Crippen LogP contribution >= 0.6 is 0 Å². The summed E-state index contributed by atoms with van der Waals surface area (Å²) in [5.41, 5.74) is 1.30. The van der Waals surface area contributed by atoms with E-state index in [9.17, 15) is 8.78 Å². The molecule has 0 amide bonds. The van der Waals surface area contributed by atoms with Crippen molar-refractivity contribution < 1.29 is 13.3 Å². The van der Waals surface area contributed by atoms with E-state index < -0.39 is 11.6 Å². The highest BCUT2D eigenvalue weighted by atomic mass is 19.2. The first-order valence-electron chi connectivity index (χ1n) is 7.41. The zero-order chi connectivity index (χ0) is 15.5. The minimum absolute atomic E-state index is 0.416. The van der Waals surface area contributed by atoms with Crippen LogP contribution in [0.4, 0.5) is 8.78 Å². The summed E-state index contributed by atoms with van der Waals surface area (Å²) in [6.45, 7) is 6.47. The van der Waals surface area contributed by atoms with Gasteiger partial charge in [0.25, 0.3) is 0 Å². The molecule has 3 rings (SSSR count). The van der Waals surface area contributed by atoms with Crippen LogP contribution in [0.25, 0.3) is 0 Å². The van der Waals surface area contributed by atoms with Crippen LogP contribution in [0, 0.1) is 18.6 Å². The lowest BCUT2D eigenvalue weighted by Crippen LogP contribution is -2.45. The number of aromatic nitrogens is 1. The molecule has 2 aromatic rings. The number of hydrogen-bond acceptors (Lipinski definition) is 4. The summed E-state index contributed by atoms with van der Waals surface area (Å²) in [5.74, 6) is -0.652. The zero-order valence-electron chi connectivity index (χ0n) is 12.6. The number of nitrogens with zero attached hydrogens (tertiary/aromatic N) is 3. The van der Waals surface area contributed by atoms with E-state index in [4.69, 9.17) is 4.52 Å². The van der Waals surface area contributed by atoms with Gasteiger partial charge >= 0.3 is 0 Å². The molecular weight excluding hydrogens is 288 g/mol. The molecule has 1 aromatic carbocycles. The highest BCUT2D eigenvalue weighted by Gasteiger charge is 2.20. The van der Waals surface area contributed by atoms with Crippen molar-refractivity contribution in [1.29, 1.82) is 0 Å². The maximum Gasteiger partial charge on any atom is 0.163 e. The summed E-state index contributed by atoms with van der Waals surface area (Å²) in [5, 5.41) is 3.88. The minimum Gasteiger partial charge on any atom is -0.360 e. The van der Waals surface area contributed by atoms with Gasteiger partial charge in [-0.05, 0) is 13.0 Å². The van der Waals surface area contributed by atoms with Gasteiger partial charge in [-0.2, -0.15) is 0 Å². The predicted octanol–water partition coefficient (Wildman–Crippen LogP) is 2.58. The van der Waals surface area contributed by atoms with E-state index in [0.29, 0.717) is 12.1 Å².